The van der Waals surface area contributed by atoms with Gasteiger partial charge in [-0.25, -0.2) is 15.0 Å². The Hall–Kier alpha value is -3.78. The van der Waals surface area contributed by atoms with Gasteiger partial charge in [-0.1, -0.05) is 30.3 Å². The van der Waals surface area contributed by atoms with Gasteiger partial charge in [0.15, 0.2) is 0 Å². The van der Waals surface area contributed by atoms with Crippen molar-refractivity contribution in [3.63, 3.8) is 0 Å². The summed E-state index contributed by atoms with van der Waals surface area (Å²) in [5.41, 5.74) is 4.60. The van der Waals surface area contributed by atoms with Crippen molar-refractivity contribution in [3.8, 4) is 11.1 Å². The van der Waals surface area contributed by atoms with Crippen molar-refractivity contribution in [2.24, 2.45) is 0 Å². The summed E-state index contributed by atoms with van der Waals surface area (Å²) in [6.07, 6.45) is 8.10. The number of fused-ring (bicyclic) bond motifs is 1. The van der Waals surface area contributed by atoms with Crippen LogP contribution in [-0.4, -0.2) is 45.7 Å². The molecule has 0 spiro atoms. The zero-order valence-corrected chi connectivity index (χ0v) is 17.8. The van der Waals surface area contributed by atoms with Gasteiger partial charge in [0.2, 0.25) is 5.82 Å². The molecular formula is C24H24N6O2. The SMILES string of the molecule is C[C@H](NC(=O)c1ncc(-c2c[nH]c3ncc(N4CCCOC4)cc23)cn1)c1ccccc1. The number of carbonyl (C=O) groups is 1. The molecule has 1 saturated heterocycles. The number of hydrogen-bond acceptors (Lipinski definition) is 6. The Morgan fingerprint density at radius 3 is 2.72 bits per heavy atom. The summed E-state index contributed by atoms with van der Waals surface area (Å²) in [4.78, 5) is 31.1. The Labute approximate surface area is 185 Å². The minimum Gasteiger partial charge on any atom is -0.361 e. The van der Waals surface area contributed by atoms with Crippen LogP contribution in [0.4, 0.5) is 5.69 Å². The molecule has 1 fully saturated rings. The van der Waals surface area contributed by atoms with Crippen molar-refractivity contribution in [3.05, 3.63) is 72.6 Å². The summed E-state index contributed by atoms with van der Waals surface area (Å²) in [5, 5.41) is 3.92. The fourth-order valence-electron chi connectivity index (χ4n) is 3.88. The average molecular weight is 428 g/mol. The molecule has 0 bridgehead atoms. The number of carbonyl (C=O) groups excluding carboxylic acids is 1. The highest BCUT2D eigenvalue weighted by Crippen LogP contribution is 2.30. The molecule has 1 amide bonds. The predicted octanol–water partition coefficient (Wildman–Crippen LogP) is 3.70. The number of anilines is 1. The number of nitrogens with one attached hydrogen (secondary N) is 2. The minimum atomic E-state index is -0.305. The number of aromatic nitrogens is 4. The molecule has 5 rings (SSSR count). The largest absolute Gasteiger partial charge is 0.361 e. The Morgan fingerprint density at radius 1 is 1.16 bits per heavy atom. The van der Waals surface area contributed by atoms with E-state index in [2.05, 4.69) is 36.2 Å². The number of nitrogens with zero attached hydrogens (tertiary/aromatic N) is 4. The first-order valence-electron chi connectivity index (χ1n) is 10.7. The van der Waals surface area contributed by atoms with Crippen LogP contribution >= 0.6 is 0 Å². The van der Waals surface area contributed by atoms with E-state index in [4.69, 9.17) is 4.74 Å². The molecule has 162 valence electrons. The molecule has 0 saturated carbocycles. The molecule has 8 heteroatoms. The summed E-state index contributed by atoms with van der Waals surface area (Å²) in [7, 11) is 0. The lowest BCUT2D eigenvalue weighted by Crippen LogP contribution is -2.32. The zero-order chi connectivity index (χ0) is 21.9. The average Bonchev–Trinajstić information content (AvgIpc) is 3.28. The van der Waals surface area contributed by atoms with Crippen LogP contribution in [0.5, 0.6) is 0 Å². The van der Waals surface area contributed by atoms with Crippen LogP contribution in [0.15, 0.2) is 61.2 Å². The van der Waals surface area contributed by atoms with E-state index in [-0.39, 0.29) is 17.8 Å². The highest BCUT2D eigenvalue weighted by molar-refractivity contribution is 5.95. The summed E-state index contributed by atoms with van der Waals surface area (Å²) < 4.78 is 5.57. The van der Waals surface area contributed by atoms with Crippen molar-refractivity contribution < 1.29 is 9.53 Å². The van der Waals surface area contributed by atoms with Gasteiger partial charge in [-0.15, -0.1) is 0 Å². The molecule has 8 nitrogen and oxygen atoms in total. The quantitative estimate of drug-likeness (QED) is 0.503. The smallest absolute Gasteiger partial charge is 0.289 e. The third-order valence-electron chi connectivity index (χ3n) is 5.66. The first-order valence-corrected chi connectivity index (χ1v) is 10.7. The maximum Gasteiger partial charge on any atom is 0.289 e. The van der Waals surface area contributed by atoms with Crippen molar-refractivity contribution in [2.45, 2.75) is 19.4 Å². The Bertz CT molecular complexity index is 1220. The fourth-order valence-corrected chi connectivity index (χ4v) is 3.88. The molecule has 32 heavy (non-hydrogen) atoms. The Balaban J connectivity index is 1.36. The summed E-state index contributed by atoms with van der Waals surface area (Å²) in [6, 6.07) is 11.8. The molecule has 1 atom stereocenters. The number of aromatic amines is 1. The number of ether oxygens (including phenoxy) is 1. The Morgan fingerprint density at radius 2 is 1.97 bits per heavy atom. The first kappa shape index (κ1) is 20.1. The molecule has 2 N–H and O–H groups in total. The molecule has 0 radical (unpaired) electrons. The van der Waals surface area contributed by atoms with Crippen LogP contribution in [-0.2, 0) is 4.74 Å². The third-order valence-corrected chi connectivity index (χ3v) is 5.66. The standard InChI is InChI=1S/C24H24N6O2/c1-16(17-6-3-2-4-7-17)29-24(31)23-25-11-18(12-26-23)21-14-28-22-20(21)10-19(13-27-22)30-8-5-9-32-15-30/h2-4,6-7,10-14,16H,5,8-9,15H2,1H3,(H,27,28)(H,29,31)/t16-/m0/s1. The van der Waals surface area contributed by atoms with E-state index in [1.54, 1.807) is 12.4 Å². The van der Waals surface area contributed by atoms with Gasteiger partial charge >= 0.3 is 0 Å². The fraction of sp³-hybridized carbons (Fsp3) is 0.250. The van der Waals surface area contributed by atoms with Crippen LogP contribution in [0.1, 0.15) is 35.6 Å². The lowest BCUT2D eigenvalue weighted by atomic mass is 10.1. The summed E-state index contributed by atoms with van der Waals surface area (Å²) in [5.74, 6) is -0.165. The van der Waals surface area contributed by atoms with Crippen molar-refractivity contribution >= 4 is 22.6 Å². The molecule has 0 unspecified atom stereocenters. The van der Waals surface area contributed by atoms with E-state index < -0.39 is 0 Å². The van der Waals surface area contributed by atoms with Gasteiger partial charge in [-0.2, -0.15) is 0 Å². The van der Waals surface area contributed by atoms with E-state index in [0.717, 1.165) is 53.0 Å². The zero-order valence-electron chi connectivity index (χ0n) is 17.8. The van der Waals surface area contributed by atoms with Crippen LogP contribution in [0.2, 0.25) is 0 Å². The van der Waals surface area contributed by atoms with Gasteiger partial charge in [-0.05, 0) is 25.0 Å². The highest BCUT2D eigenvalue weighted by Gasteiger charge is 2.17. The third kappa shape index (κ3) is 4.04. The van der Waals surface area contributed by atoms with E-state index >= 15 is 0 Å². The molecule has 0 aliphatic carbocycles. The lowest BCUT2D eigenvalue weighted by Gasteiger charge is -2.28. The maximum absolute atomic E-state index is 12.6. The second-order valence-electron chi connectivity index (χ2n) is 7.85. The molecule has 1 aliphatic heterocycles. The van der Waals surface area contributed by atoms with E-state index in [9.17, 15) is 4.79 Å². The molecule has 4 heterocycles. The van der Waals surface area contributed by atoms with Crippen LogP contribution in [0, 0.1) is 0 Å². The normalized spacial score (nSPS) is 15.0. The second-order valence-corrected chi connectivity index (χ2v) is 7.85. The molecule has 4 aromatic rings. The lowest BCUT2D eigenvalue weighted by molar-refractivity contribution is 0.0929. The van der Waals surface area contributed by atoms with Crippen LogP contribution in [0.25, 0.3) is 22.2 Å². The molecular weight excluding hydrogens is 404 g/mol. The van der Waals surface area contributed by atoms with Crippen molar-refractivity contribution in [2.75, 3.05) is 24.8 Å². The summed E-state index contributed by atoms with van der Waals surface area (Å²) in [6.45, 7) is 4.25. The monoisotopic (exact) mass is 428 g/mol. The van der Waals surface area contributed by atoms with Gasteiger partial charge in [0.05, 0.1) is 24.5 Å². The maximum atomic E-state index is 12.6. The number of pyridine rings is 1. The number of benzene rings is 1. The van der Waals surface area contributed by atoms with Gasteiger partial charge in [0, 0.05) is 41.6 Å². The van der Waals surface area contributed by atoms with Gasteiger partial charge in [-0.3, -0.25) is 4.79 Å². The van der Waals surface area contributed by atoms with Gasteiger partial charge < -0.3 is 19.9 Å². The second kappa shape index (κ2) is 8.76. The van der Waals surface area contributed by atoms with E-state index in [1.165, 1.54) is 0 Å². The number of amides is 1. The van der Waals surface area contributed by atoms with Crippen LogP contribution in [0.3, 0.4) is 0 Å². The highest BCUT2D eigenvalue weighted by atomic mass is 16.5. The Kier molecular flexibility index (Phi) is 5.51. The van der Waals surface area contributed by atoms with Gasteiger partial charge in [0.25, 0.3) is 5.91 Å². The summed E-state index contributed by atoms with van der Waals surface area (Å²) >= 11 is 0. The number of H-pyrrole nitrogens is 1. The topological polar surface area (TPSA) is 96.0 Å². The van der Waals surface area contributed by atoms with E-state index in [1.807, 2.05) is 49.6 Å². The van der Waals surface area contributed by atoms with Crippen molar-refractivity contribution in [1.29, 1.82) is 0 Å². The van der Waals surface area contributed by atoms with E-state index in [0.29, 0.717) is 6.73 Å². The predicted molar refractivity (Wildman–Crippen MR) is 122 cm³/mol. The molecule has 1 aromatic carbocycles. The van der Waals surface area contributed by atoms with Crippen LogP contribution < -0.4 is 10.2 Å². The number of rotatable bonds is 5. The molecule has 3 aromatic heterocycles. The van der Waals surface area contributed by atoms with Gasteiger partial charge in [0.1, 0.15) is 12.4 Å². The minimum absolute atomic E-state index is 0.135. The number of hydrogen-bond donors (Lipinski definition) is 2. The first-order chi connectivity index (χ1) is 15.7. The molecule has 1 aliphatic rings. The van der Waals surface area contributed by atoms with Crippen molar-refractivity contribution in [1.82, 2.24) is 25.3 Å².